The highest BCUT2D eigenvalue weighted by molar-refractivity contribution is 7.88. The summed E-state index contributed by atoms with van der Waals surface area (Å²) in [5, 5.41) is 2.83. The number of carbonyl (C=O) groups is 1. The quantitative estimate of drug-likeness (QED) is 0.903. The standard InChI is InChI=1S/C15H24N2O3S/c1-12(13-9-7-6-8-10-13)16-14(18)11-17(15(2,3)4)21(5,19)20/h6-10,12H,11H2,1-5H3,(H,16,18). The molecule has 0 spiro atoms. The van der Waals surface area contributed by atoms with Gasteiger partial charge in [-0.2, -0.15) is 4.31 Å². The first-order valence-corrected chi connectivity index (χ1v) is 8.69. The van der Waals surface area contributed by atoms with Gasteiger partial charge >= 0.3 is 0 Å². The van der Waals surface area contributed by atoms with Gasteiger partial charge in [0.1, 0.15) is 0 Å². The SMILES string of the molecule is CC(NC(=O)CN(C(C)(C)C)S(C)(=O)=O)c1ccccc1. The van der Waals surface area contributed by atoms with Crippen LogP contribution in [-0.4, -0.2) is 37.0 Å². The van der Waals surface area contributed by atoms with Gasteiger partial charge in [0.15, 0.2) is 0 Å². The number of nitrogens with one attached hydrogen (secondary N) is 1. The lowest BCUT2D eigenvalue weighted by atomic mass is 10.1. The largest absolute Gasteiger partial charge is 0.348 e. The molecule has 0 radical (unpaired) electrons. The molecule has 1 unspecified atom stereocenters. The molecule has 1 aromatic carbocycles. The van der Waals surface area contributed by atoms with Crippen LogP contribution in [0.15, 0.2) is 30.3 Å². The van der Waals surface area contributed by atoms with Crippen LogP contribution in [0.5, 0.6) is 0 Å². The summed E-state index contributed by atoms with van der Waals surface area (Å²) in [5.41, 5.74) is 0.341. The summed E-state index contributed by atoms with van der Waals surface area (Å²) in [6, 6.07) is 9.38. The maximum absolute atomic E-state index is 12.1. The van der Waals surface area contributed by atoms with Gasteiger partial charge in [0.2, 0.25) is 15.9 Å². The summed E-state index contributed by atoms with van der Waals surface area (Å²) in [6.07, 6.45) is 1.12. The number of nitrogens with zero attached hydrogens (tertiary/aromatic N) is 1. The van der Waals surface area contributed by atoms with Gasteiger partial charge in [0.05, 0.1) is 18.8 Å². The van der Waals surface area contributed by atoms with E-state index in [9.17, 15) is 13.2 Å². The van der Waals surface area contributed by atoms with Crippen molar-refractivity contribution >= 4 is 15.9 Å². The lowest BCUT2D eigenvalue weighted by Gasteiger charge is -2.33. The van der Waals surface area contributed by atoms with E-state index < -0.39 is 15.6 Å². The molecule has 0 saturated heterocycles. The Morgan fingerprint density at radius 3 is 2.19 bits per heavy atom. The zero-order valence-electron chi connectivity index (χ0n) is 13.3. The van der Waals surface area contributed by atoms with Crippen molar-refractivity contribution in [3.8, 4) is 0 Å². The first-order valence-electron chi connectivity index (χ1n) is 6.84. The Balaban J connectivity index is 2.76. The summed E-state index contributed by atoms with van der Waals surface area (Å²) in [5.74, 6) is -0.313. The zero-order valence-corrected chi connectivity index (χ0v) is 14.1. The van der Waals surface area contributed by atoms with Crippen LogP contribution >= 0.6 is 0 Å². The first kappa shape index (κ1) is 17.7. The van der Waals surface area contributed by atoms with Crippen LogP contribution in [0.25, 0.3) is 0 Å². The number of hydrogen-bond acceptors (Lipinski definition) is 3. The molecule has 21 heavy (non-hydrogen) atoms. The van der Waals surface area contributed by atoms with Crippen molar-refractivity contribution in [2.24, 2.45) is 0 Å². The predicted molar refractivity (Wildman–Crippen MR) is 84.3 cm³/mol. The highest BCUT2D eigenvalue weighted by atomic mass is 32.2. The minimum atomic E-state index is -3.45. The Kier molecular flexibility index (Phi) is 5.53. The average molecular weight is 312 g/mol. The molecular formula is C15H24N2O3S. The van der Waals surface area contributed by atoms with E-state index in [1.165, 1.54) is 4.31 Å². The number of benzene rings is 1. The molecule has 0 heterocycles. The second-order valence-corrected chi connectivity index (χ2v) is 8.05. The van der Waals surface area contributed by atoms with Crippen LogP contribution in [0.4, 0.5) is 0 Å². The number of sulfonamides is 1. The fourth-order valence-electron chi connectivity index (χ4n) is 2.09. The topological polar surface area (TPSA) is 66.5 Å². The maximum Gasteiger partial charge on any atom is 0.235 e. The normalized spacial score (nSPS) is 14.0. The van der Waals surface area contributed by atoms with Crippen molar-refractivity contribution < 1.29 is 13.2 Å². The zero-order chi connectivity index (χ0) is 16.3. The second kappa shape index (κ2) is 6.58. The van der Waals surface area contributed by atoms with Gasteiger partial charge in [-0.25, -0.2) is 8.42 Å². The average Bonchev–Trinajstić information content (AvgIpc) is 2.34. The third-order valence-electron chi connectivity index (χ3n) is 3.11. The molecule has 0 saturated carbocycles. The van der Waals surface area contributed by atoms with Crippen molar-refractivity contribution in [3.63, 3.8) is 0 Å². The third-order valence-corrected chi connectivity index (χ3v) is 4.59. The monoisotopic (exact) mass is 312 g/mol. The van der Waals surface area contributed by atoms with Crippen molar-refractivity contribution in [2.75, 3.05) is 12.8 Å². The van der Waals surface area contributed by atoms with Crippen molar-refractivity contribution in [1.29, 1.82) is 0 Å². The van der Waals surface area contributed by atoms with Crippen LogP contribution in [0, 0.1) is 0 Å². The molecule has 118 valence electrons. The smallest absolute Gasteiger partial charge is 0.235 e. The van der Waals surface area contributed by atoms with Crippen molar-refractivity contribution in [1.82, 2.24) is 9.62 Å². The first-order chi connectivity index (χ1) is 9.51. The molecule has 1 rings (SSSR count). The Labute approximate surface area is 127 Å². The Morgan fingerprint density at radius 2 is 1.76 bits per heavy atom. The molecule has 1 atom stereocenters. The highest BCUT2D eigenvalue weighted by Crippen LogP contribution is 2.17. The molecule has 0 aromatic heterocycles. The molecule has 1 N–H and O–H groups in total. The van der Waals surface area contributed by atoms with E-state index >= 15 is 0 Å². The van der Waals surface area contributed by atoms with E-state index in [2.05, 4.69) is 5.32 Å². The summed E-state index contributed by atoms with van der Waals surface area (Å²) in [6.45, 7) is 6.99. The third kappa shape index (κ3) is 5.47. The number of amides is 1. The minimum absolute atomic E-state index is 0.167. The highest BCUT2D eigenvalue weighted by Gasteiger charge is 2.31. The lowest BCUT2D eigenvalue weighted by Crippen LogP contribution is -2.50. The Hall–Kier alpha value is -1.40. The molecule has 0 aliphatic heterocycles. The van der Waals surface area contributed by atoms with Gasteiger partial charge in [-0.05, 0) is 33.3 Å². The molecule has 0 aliphatic carbocycles. The Bertz CT molecular complexity index is 577. The van der Waals surface area contributed by atoms with Crippen LogP contribution in [-0.2, 0) is 14.8 Å². The Morgan fingerprint density at radius 1 is 1.24 bits per heavy atom. The van der Waals surface area contributed by atoms with Crippen molar-refractivity contribution in [3.05, 3.63) is 35.9 Å². The fraction of sp³-hybridized carbons (Fsp3) is 0.533. The number of carbonyl (C=O) groups excluding carboxylic acids is 1. The number of hydrogen-bond donors (Lipinski definition) is 1. The van der Waals surface area contributed by atoms with Gasteiger partial charge < -0.3 is 5.32 Å². The van der Waals surface area contributed by atoms with E-state index in [0.717, 1.165) is 11.8 Å². The molecule has 1 amide bonds. The van der Waals surface area contributed by atoms with E-state index in [4.69, 9.17) is 0 Å². The molecule has 0 bridgehead atoms. The van der Waals surface area contributed by atoms with Crippen LogP contribution in [0.3, 0.4) is 0 Å². The summed E-state index contributed by atoms with van der Waals surface area (Å²) in [7, 11) is -3.45. The molecule has 1 aromatic rings. The summed E-state index contributed by atoms with van der Waals surface area (Å²) < 4.78 is 24.8. The van der Waals surface area contributed by atoms with Crippen LogP contribution in [0.2, 0.25) is 0 Å². The number of rotatable bonds is 5. The molecule has 0 fully saturated rings. The van der Waals surface area contributed by atoms with Gasteiger partial charge in [-0.15, -0.1) is 0 Å². The van der Waals surface area contributed by atoms with Crippen LogP contribution in [0.1, 0.15) is 39.3 Å². The minimum Gasteiger partial charge on any atom is -0.348 e. The van der Waals surface area contributed by atoms with Gasteiger partial charge in [0.25, 0.3) is 0 Å². The van der Waals surface area contributed by atoms with E-state index in [1.54, 1.807) is 20.8 Å². The predicted octanol–water partition coefficient (Wildman–Crippen LogP) is 1.92. The second-order valence-electron chi connectivity index (χ2n) is 6.14. The molecular weight excluding hydrogens is 288 g/mol. The van der Waals surface area contributed by atoms with Gasteiger partial charge in [-0.3, -0.25) is 4.79 Å². The maximum atomic E-state index is 12.1. The van der Waals surface area contributed by atoms with Crippen LogP contribution < -0.4 is 5.32 Å². The molecule has 5 nitrogen and oxygen atoms in total. The fourth-order valence-corrected chi connectivity index (χ4v) is 3.44. The van der Waals surface area contributed by atoms with Gasteiger partial charge in [-0.1, -0.05) is 30.3 Å². The van der Waals surface area contributed by atoms with E-state index in [1.807, 2.05) is 37.3 Å². The summed E-state index contributed by atoms with van der Waals surface area (Å²) in [4.78, 5) is 12.1. The van der Waals surface area contributed by atoms with Crippen molar-refractivity contribution in [2.45, 2.75) is 39.3 Å². The molecule has 0 aliphatic rings. The summed E-state index contributed by atoms with van der Waals surface area (Å²) >= 11 is 0. The van der Waals surface area contributed by atoms with E-state index in [-0.39, 0.29) is 18.5 Å². The van der Waals surface area contributed by atoms with E-state index in [0.29, 0.717) is 0 Å². The van der Waals surface area contributed by atoms with Gasteiger partial charge in [0, 0.05) is 5.54 Å². The molecule has 6 heteroatoms. The lowest BCUT2D eigenvalue weighted by molar-refractivity contribution is -0.122.